The number of ether oxygens (including phenoxy) is 14. The van der Waals surface area contributed by atoms with Crippen molar-refractivity contribution in [2.45, 2.75) is 446 Å². The first kappa shape index (κ1) is 110. The van der Waals surface area contributed by atoms with E-state index in [1.54, 1.807) is 0 Å². The first-order chi connectivity index (χ1) is 59.7. The number of carbonyl (C=O) groups excluding carboxylic acids is 2. The fourth-order valence-electron chi connectivity index (χ4n) is 16.1. The standard InChI is InChI=1S/C81H147O43P/c1-3-5-7-9-11-13-15-17-19-21-23-25-27-29-31-33-50(84)109-37-43(115-51(85)34-32-30-28-26-24-22-20-18-16-14-12-10-8-6-4-2)38-114-125(107,108)124-75-73(122-80-71(105)59(93)53(87)45(36-83)117-80)65(99)64(98)66(100)74(75)123-81-72(106)63(97)57(91)49(121-81)42-113-79-70(104)62(96)56(90)48(120-79)41-112-78-69(103)61(95)55(89)47(119-78)40-111-77-68(102)60(94)54(88)46(118-77)39-110-76-67(101)58(92)52(86)44(35-82)116-76/h43-49,52-83,86-106H,3-42H2,1-2H3,(H,107,108)/t43-,44?,45?,46?,47?,48?,49?,52+,53-,54+,55+,56+,57+,58?,59?,60?,61?,62?,63?,64+,65?,66?,67+,68+,69+,70+,71-,72+,73-,74?,75+,76-,77-,78-,79-,80-,81+/m1/s1. The van der Waals surface area contributed by atoms with Crippen molar-refractivity contribution in [3.8, 4) is 0 Å². The third-order valence-corrected chi connectivity index (χ3v) is 25.0. The number of aliphatic hydroxyl groups excluding tert-OH is 23. The van der Waals surface area contributed by atoms with Crippen LogP contribution in [0.2, 0.25) is 0 Å². The summed E-state index contributed by atoms with van der Waals surface area (Å²) in [5, 5.41) is 251. The Balaban J connectivity index is 0.995. The van der Waals surface area contributed by atoms with Gasteiger partial charge in [-0.1, -0.05) is 194 Å². The van der Waals surface area contributed by atoms with Gasteiger partial charge < -0.3 is 189 Å². The summed E-state index contributed by atoms with van der Waals surface area (Å²) in [6, 6.07) is 0. The molecule has 24 N–H and O–H groups in total. The van der Waals surface area contributed by atoms with E-state index < -0.39 is 300 Å². The smallest absolute Gasteiger partial charge is 0.462 e. The maximum atomic E-state index is 14.5. The minimum Gasteiger partial charge on any atom is -0.462 e. The summed E-state index contributed by atoms with van der Waals surface area (Å²) in [7, 11) is -5.88. The molecule has 0 amide bonds. The van der Waals surface area contributed by atoms with Crippen LogP contribution >= 0.6 is 7.82 Å². The Morgan fingerprint density at radius 1 is 0.288 bits per heavy atom. The Labute approximate surface area is 728 Å². The number of aliphatic hydroxyl groups is 23. The molecule has 44 heteroatoms. The lowest BCUT2D eigenvalue weighted by molar-refractivity contribution is -0.365. The molecule has 0 aromatic carbocycles. The van der Waals surface area contributed by atoms with Crippen LogP contribution in [0, 0.1) is 0 Å². The van der Waals surface area contributed by atoms with Crippen molar-refractivity contribution < 1.29 is 212 Å². The Morgan fingerprint density at radius 2 is 0.528 bits per heavy atom. The summed E-state index contributed by atoms with van der Waals surface area (Å²) in [6.45, 7) is -2.87. The summed E-state index contributed by atoms with van der Waals surface area (Å²) in [4.78, 5) is 38.5. The molecule has 0 spiro atoms. The average Bonchev–Trinajstić information content (AvgIpc) is 0.755. The van der Waals surface area contributed by atoms with Crippen LogP contribution in [0.3, 0.4) is 0 Å². The Morgan fingerprint density at radius 3 is 0.824 bits per heavy atom. The van der Waals surface area contributed by atoms with E-state index in [1.165, 1.54) is 103 Å². The van der Waals surface area contributed by atoms with Crippen LogP contribution < -0.4 is 0 Å². The van der Waals surface area contributed by atoms with Crippen molar-refractivity contribution in [2.75, 3.05) is 52.9 Å². The molecular weight excluding hydrogens is 1690 g/mol. The van der Waals surface area contributed by atoms with Crippen LogP contribution in [0.25, 0.3) is 0 Å². The van der Waals surface area contributed by atoms with Gasteiger partial charge in [0, 0.05) is 12.8 Å². The second-order valence-corrected chi connectivity index (χ2v) is 35.4. The number of hydrogen-bond acceptors (Lipinski definition) is 42. The first-order valence-corrected chi connectivity index (χ1v) is 46.4. The highest BCUT2D eigenvalue weighted by molar-refractivity contribution is 7.47. The number of phosphoric acid groups is 1. The lowest BCUT2D eigenvalue weighted by Crippen LogP contribution is -2.69. The maximum Gasteiger partial charge on any atom is 0.472 e. The van der Waals surface area contributed by atoms with Crippen LogP contribution in [0.5, 0.6) is 0 Å². The molecule has 7 fully saturated rings. The van der Waals surface area contributed by atoms with Crippen LogP contribution in [0.15, 0.2) is 0 Å². The first-order valence-electron chi connectivity index (χ1n) is 44.9. The molecule has 1 aliphatic carbocycles. The highest BCUT2D eigenvalue weighted by Crippen LogP contribution is 2.49. The van der Waals surface area contributed by atoms with Gasteiger partial charge in [0.25, 0.3) is 0 Å². The van der Waals surface area contributed by atoms with Gasteiger partial charge in [0.05, 0.1) is 46.2 Å². The predicted molar refractivity (Wildman–Crippen MR) is 426 cm³/mol. The van der Waals surface area contributed by atoms with Gasteiger partial charge in [-0.15, -0.1) is 0 Å². The van der Waals surface area contributed by atoms with Gasteiger partial charge in [-0.2, -0.15) is 0 Å². The zero-order valence-corrected chi connectivity index (χ0v) is 72.5. The van der Waals surface area contributed by atoms with E-state index in [9.17, 15) is 136 Å². The van der Waals surface area contributed by atoms with Crippen molar-refractivity contribution in [2.24, 2.45) is 0 Å². The summed E-state index contributed by atoms with van der Waals surface area (Å²) >= 11 is 0. The van der Waals surface area contributed by atoms with Crippen LogP contribution in [0.1, 0.15) is 219 Å². The Kier molecular flexibility index (Phi) is 49.8. The lowest BCUT2D eigenvalue weighted by Gasteiger charge is -2.49. The van der Waals surface area contributed by atoms with Gasteiger partial charge in [-0.05, 0) is 12.8 Å². The fourth-order valence-corrected chi connectivity index (χ4v) is 17.0. The summed E-state index contributed by atoms with van der Waals surface area (Å²) in [5.74, 6) is -1.49. The molecule has 7 aliphatic rings. The number of carbonyl (C=O) groups is 2. The van der Waals surface area contributed by atoms with Crippen molar-refractivity contribution in [1.29, 1.82) is 0 Å². The zero-order valence-electron chi connectivity index (χ0n) is 71.6. The molecule has 125 heavy (non-hydrogen) atoms. The zero-order chi connectivity index (χ0) is 91.6. The topological polar surface area (TPSA) is 684 Å². The Bertz CT molecular complexity index is 2960. The van der Waals surface area contributed by atoms with Gasteiger partial charge in [-0.3, -0.25) is 18.6 Å². The number of esters is 2. The minimum absolute atomic E-state index is 0.0268. The van der Waals surface area contributed by atoms with E-state index in [0.717, 1.165) is 70.6 Å². The molecule has 0 aromatic heterocycles. The number of phosphoric ester groups is 1. The molecule has 0 radical (unpaired) electrons. The lowest BCUT2D eigenvalue weighted by atomic mass is 9.84. The predicted octanol–water partition coefficient (Wildman–Crippen LogP) is -3.77. The monoisotopic (exact) mass is 1840 g/mol. The third kappa shape index (κ3) is 33.6. The molecule has 43 nitrogen and oxygen atoms in total. The largest absolute Gasteiger partial charge is 0.472 e. The maximum absolute atomic E-state index is 14.5. The summed E-state index contributed by atoms with van der Waals surface area (Å²) < 4.78 is 104. The molecule has 0 bridgehead atoms. The van der Waals surface area contributed by atoms with Crippen molar-refractivity contribution >= 4 is 19.8 Å². The molecule has 38 atom stereocenters. The number of hydrogen-bond donors (Lipinski definition) is 24. The quantitative estimate of drug-likeness (QED) is 0.0158. The van der Waals surface area contributed by atoms with Gasteiger partial charge in [-0.25, -0.2) is 4.57 Å². The van der Waals surface area contributed by atoms with E-state index in [0.29, 0.717) is 19.3 Å². The van der Waals surface area contributed by atoms with Crippen molar-refractivity contribution in [3.05, 3.63) is 0 Å². The van der Waals surface area contributed by atoms with Crippen LogP contribution in [0.4, 0.5) is 0 Å². The van der Waals surface area contributed by atoms with Gasteiger partial charge in [0.15, 0.2) is 43.8 Å². The van der Waals surface area contributed by atoms with Gasteiger partial charge in [0.2, 0.25) is 0 Å². The van der Waals surface area contributed by atoms with Gasteiger partial charge >= 0.3 is 19.8 Å². The molecule has 734 valence electrons. The molecule has 6 aliphatic heterocycles. The second-order valence-electron chi connectivity index (χ2n) is 34.0. The van der Waals surface area contributed by atoms with Crippen molar-refractivity contribution in [1.82, 2.24) is 0 Å². The number of rotatable bonds is 58. The molecule has 16 unspecified atom stereocenters. The normalized spacial score (nSPS) is 39.2. The molecule has 1 saturated carbocycles. The molecule has 6 saturated heterocycles. The SMILES string of the molecule is CCCCCCCCCCCCCCCCCC(=O)OC[C@H](COP(=O)(O)O[C@@H]1C(O[C@@H]2OC(CO[C@@H]3OC(CO[C@@H]4OC(CO[C@@H]5OC(CO[C@@H]6OC(CO)[C@H](O)C(O)[C@@H]6O)[C@H](O)C(O)[C@@H]5O)[C@H](O)C(O)[C@@H]4O)[C@H](O)C(O)[C@@H]3O)[C@H](O)C(O)[C@@H]2O)C(O)[C@@H](O)C(O)[C@H]1O[C@H]1OC(CO)[C@@H](O)C(O)[C@H]1O)OC(=O)CCCCCCCCCCCCCCCCC. The average molecular weight is 1840 g/mol. The van der Waals surface area contributed by atoms with E-state index in [1.807, 2.05) is 0 Å². The summed E-state index contributed by atoms with van der Waals surface area (Å²) in [5.41, 5.74) is 0. The van der Waals surface area contributed by atoms with E-state index in [-0.39, 0.29) is 12.8 Å². The third-order valence-electron chi connectivity index (χ3n) is 24.0. The fraction of sp³-hybridized carbons (Fsp3) is 0.975. The Hall–Kier alpha value is -2.35. The van der Waals surface area contributed by atoms with Crippen LogP contribution in [-0.4, -0.2) is 414 Å². The second kappa shape index (κ2) is 56.7. The van der Waals surface area contributed by atoms with Gasteiger partial charge in [0.1, 0.15) is 190 Å². The highest BCUT2D eigenvalue weighted by Gasteiger charge is 2.60. The van der Waals surface area contributed by atoms with Crippen molar-refractivity contribution in [3.63, 3.8) is 0 Å². The molecule has 6 heterocycles. The number of unbranched alkanes of at least 4 members (excludes halogenated alkanes) is 28. The molecule has 7 rings (SSSR count). The minimum atomic E-state index is -5.88. The highest BCUT2D eigenvalue weighted by atomic mass is 31.2. The molecule has 0 aromatic rings. The van der Waals surface area contributed by atoms with E-state index in [2.05, 4.69) is 13.8 Å². The van der Waals surface area contributed by atoms with E-state index in [4.69, 9.17) is 75.4 Å². The van der Waals surface area contributed by atoms with Crippen LogP contribution in [-0.2, 0) is 89.5 Å². The summed E-state index contributed by atoms with van der Waals surface area (Å²) in [6.07, 6.45) is -44.9. The molecular formula is C81H147O43P. The van der Waals surface area contributed by atoms with E-state index >= 15 is 0 Å².